The van der Waals surface area contributed by atoms with Crippen molar-refractivity contribution in [3.63, 3.8) is 0 Å². The fourth-order valence-electron chi connectivity index (χ4n) is 0.962. The Morgan fingerprint density at radius 2 is 1.47 bits per heavy atom. The summed E-state index contributed by atoms with van der Waals surface area (Å²) < 4.78 is 73.3. The Bertz CT molecular complexity index is 369. The minimum Gasteiger partial charge on any atom is -0.263 e. The molecule has 0 saturated carbocycles. The lowest BCUT2D eigenvalue weighted by Crippen LogP contribution is -2.17. The van der Waals surface area contributed by atoms with Gasteiger partial charge in [0.05, 0.1) is 11.1 Å². The maximum absolute atomic E-state index is 12.3. The molecule has 0 amide bonds. The SMILES string of the molecule is FC(F)(F)c1cncc(S)c1C(F)(F)F. The van der Waals surface area contributed by atoms with Crippen LogP contribution in [0.15, 0.2) is 17.3 Å². The molecule has 0 aliphatic rings. The van der Waals surface area contributed by atoms with E-state index < -0.39 is 28.4 Å². The van der Waals surface area contributed by atoms with Crippen molar-refractivity contribution in [1.29, 1.82) is 0 Å². The van der Waals surface area contributed by atoms with Gasteiger partial charge in [0.25, 0.3) is 0 Å². The van der Waals surface area contributed by atoms with Gasteiger partial charge >= 0.3 is 12.4 Å². The molecule has 0 aromatic carbocycles. The van der Waals surface area contributed by atoms with E-state index in [0.717, 1.165) is 0 Å². The Balaban J connectivity index is 3.48. The van der Waals surface area contributed by atoms with E-state index in [4.69, 9.17) is 0 Å². The van der Waals surface area contributed by atoms with E-state index in [1.165, 1.54) is 0 Å². The Hall–Kier alpha value is -0.920. The van der Waals surface area contributed by atoms with E-state index in [1.807, 2.05) is 0 Å². The monoisotopic (exact) mass is 247 g/mol. The van der Waals surface area contributed by atoms with Gasteiger partial charge in [0.2, 0.25) is 0 Å². The van der Waals surface area contributed by atoms with Crippen LogP contribution in [0.25, 0.3) is 0 Å². The molecule has 0 unspecified atom stereocenters. The molecule has 15 heavy (non-hydrogen) atoms. The number of nitrogens with zero attached hydrogens (tertiary/aromatic N) is 1. The second kappa shape index (κ2) is 3.58. The first-order valence-corrected chi connectivity index (χ1v) is 3.90. The smallest absolute Gasteiger partial charge is 0.263 e. The summed E-state index contributed by atoms with van der Waals surface area (Å²) >= 11 is 3.31. The van der Waals surface area contributed by atoms with Crippen molar-refractivity contribution in [2.24, 2.45) is 0 Å². The Morgan fingerprint density at radius 3 is 1.80 bits per heavy atom. The molecule has 1 aromatic rings. The standard InChI is InChI=1S/C7H3F6NS/c8-6(9,10)3-1-14-2-4(15)5(3)7(11,12)13/h1-2,15H. The summed E-state index contributed by atoms with van der Waals surface area (Å²) in [5, 5.41) is 0. The molecule has 84 valence electrons. The molecule has 1 heterocycles. The van der Waals surface area contributed by atoms with E-state index in [2.05, 4.69) is 17.6 Å². The highest BCUT2D eigenvalue weighted by atomic mass is 32.1. The molecule has 0 aliphatic carbocycles. The van der Waals surface area contributed by atoms with Gasteiger partial charge in [-0.1, -0.05) is 0 Å². The number of rotatable bonds is 0. The molecular weight excluding hydrogens is 244 g/mol. The van der Waals surface area contributed by atoms with Gasteiger partial charge in [0.1, 0.15) is 0 Å². The molecular formula is C7H3F6NS. The van der Waals surface area contributed by atoms with Gasteiger partial charge in [-0.25, -0.2) is 0 Å². The second-order valence-corrected chi connectivity index (χ2v) is 3.06. The van der Waals surface area contributed by atoms with Crippen molar-refractivity contribution in [3.8, 4) is 0 Å². The third-order valence-corrected chi connectivity index (χ3v) is 1.85. The van der Waals surface area contributed by atoms with Gasteiger partial charge in [0.15, 0.2) is 0 Å². The maximum Gasteiger partial charge on any atom is 0.418 e. The van der Waals surface area contributed by atoms with Gasteiger partial charge in [-0.3, -0.25) is 4.98 Å². The number of thiol groups is 1. The van der Waals surface area contributed by atoms with E-state index in [1.54, 1.807) is 0 Å². The fourth-order valence-corrected chi connectivity index (χ4v) is 1.28. The first-order valence-electron chi connectivity index (χ1n) is 3.45. The summed E-state index contributed by atoms with van der Waals surface area (Å²) in [5.41, 5.74) is -3.64. The quantitative estimate of drug-likeness (QED) is 0.547. The van der Waals surface area contributed by atoms with Crippen LogP contribution in [0, 0.1) is 0 Å². The van der Waals surface area contributed by atoms with Crippen LogP contribution in [0.1, 0.15) is 11.1 Å². The first-order chi connectivity index (χ1) is 6.64. The summed E-state index contributed by atoms with van der Waals surface area (Å²) in [4.78, 5) is 2.18. The third-order valence-electron chi connectivity index (χ3n) is 1.51. The average molecular weight is 247 g/mol. The Labute approximate surface area is 85.5 Å². The van der Waals surface area contributed by atoms with Crippen LogP contribution in [0.5, 0.6) is 0 Å². The zero-order chi connectivity index (χ0) is 11.9. The molecule has 0 aliphatic heterocycles. The molecule has 0 fully saturated rings. The summed E-state index contributed by atoms with van der Waals surface area (Å²) in [6, 6.07) is 0. The van der Waals surface area contributed by atoms with E-state index in [-0.39, 0.29) is 6.20 Å². The lowest BCUT2D eigenvalue weighted by Gasteiger charge is -2.16. The van der Waals surface area contributed by atoms with Crippen molar-refractivity contribution in [2.75, 3.05) is 0 Å². The van der Waals surface area contributed by atoms with E-state index in [9.17, 15) is 26.3 Å². The second-order valence-electron chi connectivity index (χ2n) is 2.58. The molecule has 0 saturated heterocycles. The zero-order valence-electron chi connectivity index (χ0n) is 6.82. The molecule has 0 spiro atoms. The van der Waals surface area contributed by atoms with Crippen LogP contribution in [0.2, 0.25) is 0 Å². The van der Waals surface area contributed by atoms with Crippen LogP contribution >= 0.6 is 12.6 Å². The molecule has 1 aromatic heterocycles. The van der Waals surface area contributed by atoms with Gasteiger partial charge in [-0.05, 0) is 0 Å². The molecule has 1 nitrogen and oxygen atoms in total. The summed E-state index contributed by atoms with van der Waals surface area (Å²) in [7, 11) is 0. The molecule has 0 bridgehead atoms. The summed E-state index contributed by atoms with van der Waals surface area (Å²) in [6.45, 7) is 0. The third kappa shape index (κ3) is 2.55. The number of hydrogen-bond donors (Lipinski definition) is 1. The highest BCUT2D eigenvalue weighted by Crippen LogP contribution is 2.42. The average Bonchev–Trinajstić information content (AvgIpc) is 1.99. The van der Waals surface area contributed by atoms with Gasteiger partial charge in [0, 0.05) is 17.3 Å². The minimum absolute atomic E-state index is 0.128. The van der Waals surface area contributed by atoms with E-state index in [0.29, 0.717) is 6.20 Å². The molecule has 0 radical (unpaired) electrons. The topological polar surface area (TPSA) is 12.9 Å². The molecule has 8 heteroatoms. The number of aromatic nitrogens is 1. The van der Waals surface area contributed by atoms with Crippen LogP contribution in [-0.2, 0) is 12.4 Å². The predicted octanol–water partition coefficient (Wildman–Crippen LogP) is 3.41. The maximum atomic E-state index is 12.3. The predicted molar refractivity (Wildman–Crippen MR) is 41.5 cm³/mol. The van der Waals surface area contributed by atoms with Gasteiger partial charge < -0.3 is 0 Å². The highest BCUT2D eigenvalue weighted by Gasteiger charge is 2.44. The van der Waals surface area contributed by atoms with Gasteiger partial charge in [-0.15, -0.1) is 12.6 Å². The van der Waals surface area contributed by atoms with Crippen molar-refractivity contribution >= 4 is 12.6 Å². The largest absolute Gasteiger partial charge is 0.418 e. The Kier molecular flexibility index (Phi) is 2.90. The van der Waals surface area contributed by atoms with Crippen LogP contribution in [0.3, 0.4) is 0 Å². The van der Waals surface area contributed by atoms with Crippen molar-refractivity contribution in [3.05, 3.63) is 23.5 Å². The van der Waals surface area contributed by atoms with Crippen molar-refractivity contribution < 1.29 is 26.3 Å². The highest BCUT2D eigenvalue weighted by molar-refractivity contribution is 7.80. The Morgan fingerprint density at radius 1 is 0.933 bits per heavy atom. The van der Waals surface area contributed by atoms with Crippen LogP contribution in [0.4, 0.5) is 26.3 Å². The minimum atomic E-state index is -5.11. The number of pyridine rings is 1. The normalized spacial score (nSPS) is 13.0. The van der Waals surface area contributed by atoms with Gasteiger partial charge in [-0.2, -0.15) is 26.3 Å². The first kappa shape index (κ1) is 12.2. The van der Waals surface area contributed by atoms with Crippen LogP contribution < -0.4 is 0 Å². The van der Waals surface area contributed by atoms with Crippen molar-refractivity contribution in [2.45, 2.75) is 17.2 Å². The van der Waals surface area contributed by atoms with Crippen molar-refractivity contribution in [1.82, 2.24) is 4.98 Å². The lowest BCUT2D eigenvalue weighted by molar-refractivity contribution is -0.164. The van der Waals surface area contributed by atoms with E-state index >= 15 is 0 Å². The number of hydrogen-bond acceptors (Lipinski definition) is 2. The number of alkyl halides is 6. The van der Waals surface area contributed by atoms with Crippen LogP contribution in [-0.4, -0.2) is 4.98 Å². The fraction of sp³-hybridized carbons (Fsp3) is 0.286. The molecule has 1 rings (SSSR count). The molecule has 0 N–H and O–H groups in total. The number of halogens is 6. The molecule has 0 atom stereocenters. The zero-order valence-corrected chi connectivity index (χ0v) is 7.71. The lowest BCUT2D eigenvalue weighted by atomic mass is 10.1. The summed E-state index contributed by atoms with van der Waals surface area (Å²) in [6.07, 6.45) is -9.47. The summed E-state index contributed by atoms with van der Waals surface area (Å²) in [5.74, 6) is 0.